The molecule has 0 saturated heterocycles. The summed E-state index contributed by atoms with van der Waals surface area (Å²) in [5, 5.41) is 6.50. The van der Waals surface area contributed by atoms with Crippen LogP contribution in [0, 0.1) is 6.92 Å². The van der Waals surface area contributed by atoms with Gasteiger partial charge in [0.05, 0.1) is 17.6 Å². The summed E-state index contributed by atoms with van der Waals surface area (Å²) in [7, 11) is 0. The van der Waals surface area contributed by atoms with E-state index in [2.05, 4.69) is 31.2 Å². The van der Waals surface area contributed by atoms with E-state index in [0.29, 0.717) is 19.6 Å². The number of para-hydroxylation sites is 2. The normalized spacial score (nSPS) is 11.2. The van der Waals surface area contributed by atoms with E-state index in [9.17, 15) is 4.79 Å². The van der Waals surface area contributed by atoms with Crippen molar-refractivity contribution in [2.75, 3.05) is 26.2 Å². The molecule has 0 bridgehead atoms. The van der Waals surface area contributed by atoms with Crippen LogP contribution >= 0.6 is 24.0 Å². The number of fused-ring (bicyclic) bond motifs is 1. The first-order valence-electron chi connectivity index (χ1n) is 9.75. The highest BCUT2D eigenvalue weighted by Gasteiger charge is 2.06. The van der Waals surface area contributed by atoms with Crippen LogP contribution in [0.25, 0.3) is 11.0 Å². The van der Waals surface area contributed by atoms with Crippen LogP contribution < -0.4 is 10.6 Å². The van der Waals surface area contributed by atoms with Gasteiger partial charge in [0.25, 0.3) is 0 Å². The number of aromatic nitrogens is 2. The smallest absolute Gasteiger partial charge is 0.305 e. The minimum atomic E-state index is -0.149. The number of carbonyl (C=O) groups is 1. The molecule has 0 saturated carbocycles. The highest BCUT2D eigenvalue weighted by molar-refractivity contribution is 14.0. The van der Waals surface area contributed by atoms with Gasteiger partial charge in [0, 0.05) is 32.6 Å². The highest BCUT2D eigenvalue weighted by Crippen LogP contribution is 2.15. The van der Waals surface area contributed by atoms with Crippen molar-refractivity contribution in [1.29, 1.82) is 0 Å². The van der Waals surface area contributed by atoms with Crippen molar-refractivity contribution in [3.8, 4) is 0 Å². The zero-order chi connectivity index (χ0) is 19.5. The van der Waals surface area contributed by atoms with E-state index in [-0.39, 0.29) is 29.9 Å². The fourth-order valence-electron chi connectivity index (χ4n) is 2.91. The molecule has 2 aromatic rings. The van der Waals surface area contributed by atoms with Gasteiger partial charge in [-0.1, -0.05) is 12.1 Å². The van der Waals surface area contributed by atoms with Gasteiger partial charge >= 0.3 is 5.97 Å². The molecule has 0 unspecified atom stereocenters. The molecular formula is C20H32IN5O2. The molecule has 0 aliphatic heterocycles. The Hall–Kier alpha value is -1.84. The molecule has 2 rings (SSSR count). The summed E-state index contributed by atoms with van der Waals surface area (Å²) in [6.07, 6.45) is 2.08. The fourth-order valence-corrected chi connectivity index (χ4v) is 2.91. The zero-order valence-electron chi connectivity index (χ0n) is 17.0. The molecule has 1 aromatic carbocycles. The van der Waals surface area contributed by atoms with Crippen LogP contribution in [0.1, 0.15) is 38.9 Å². The van der Waals surface area contributed by atoms with Gasteiger partial charge in [-0.3, -0.25) is 9.79 Å². The van der Waals surface area contributed by atoms with Gasteiger partial charge in [-0.25, -0.2) is 4.98 Å². The number of aryl methyl sites for hydroxylation is 2. The van der Waals surface area contributed by atoms with Crippen LogP contribution in [0.4, 0.5) is 0 Å². The standard InChI is InChI=1S/C20H31N5O2.HI/c1-4-21-20(22-13-8-12-19(26)27-5-2)23-14-9-15-25-16(3)24-17-10-6-7-11-18(17)25;/h6-7,10-11H,4-5,8-9,12-15H2,1-3H3,(H2,21,22,23);1H. The lowest BCUT2D eigenvalue weighted by atomic mass is 10.3. The van der Waals surface area contributed by atoms with Gasteiger partial charge in [-0.05, 0) is 45.7 Å². The molecular weight excluding hydrogens is 469 g/mol. The van der Waals surface area contributed by atoms with Gasteiger partial charge in [-0.15, -0.1) is 24.0 Å². The molecule has 0 spiro atoms. The third-order valence-electron chi connectivity index (χ3n) is 4.15. The lowest BCUT2D eigenvalue weighted by Crippen LogP contribution is -2.38. The van der Waals surface area contributed by atoms with E-state index in [0.717, 1.165) is 49.8 Å². The van der Waals surface area contributed by atoms with Gasteiger partial charge in [0.2, 0.25) is 0 Å². The number of hydrogen-bond acceptors (Lipinski definition) is 4. The van der Waals surface area contributed by atoms with Crippen molar-refractivity contribution < 1.29 is 9.53 Å². The van der Waals surface area contributed by atoms with Crippen molar-refractivity contribution in [1.82, 2.24) is 20.2 Å². The van der Waals surface area contributed by atoms with Crippen molar-refractivity contribution in [2.24, 2.45) is 4.99 Å². The maximum atomic E-state index is 11.4. The summed E-state index contributed by atoms with van der Waals surface area (Å²) in [5.74, 6) is 1.67. The van der Waals surface area contributed by atoms with Gasteiger partial charge in [0.1, 0.15) is 5.82 Å². The maximum absolute atomic E-state index is 11.4. The van der Waals surface area contributed by atoms with E-state index < -0.39 is 0 Å². The van der Waals surface area contributed by atoms with Crippen molar-refractivity contribution in [3.05, 3.63) is 30.1 Å². The van der Waals surface area contributed by atoms with Crippen LogP contribution in [0.3, 0.4) is 0 Å². The first-order chi connectivity index (χ1) is 13.2. The van der Waals surface area contributed by atoms with E-state index >= 15 is 0 Å². The number of aliphatic imine (C=N–C) groups is 1. The predicted molar refractivity (Wildman–Crippen MR) is 124 cm³/mol. The largest absolute Gasteiger partial charge is 0.466 e. The summed E-state index contributed by atoms with van der Waals surface area (Å²) < 4.78 is 7.17. The average Bonchev–Trinajstić information content (AvgIpc) is 2.97. The molecule has 8 heteroatoms. The Morgan fingerprint density at radius 1 is 1.21 bits per heavy atom. The Balaban J connectivity index is 0.00000392. The summed E-state index contributed by atoms with van der Waals surface area (Å²) in [5.41, 5.74) is 2.21. The first-order valence-corrected chi connectivity index (χ1v) is 9.75. The summed E-state index contributed by atoms with van der Waals surface area (Å²) in [4.78, 5) is 20.6. The number of esters is 1. The molecule has 0 radical (unpaired) electrons. The molecule has 0 amide bonds. The molecule has 1 aromatic heterocycles. The molecule has 0 fully saturated rings. The lowest BCUT2D eigenvalue weighted by molar-refractivity contribution is -0.143. The lowest BCUT2D eigenvalue weighted by Gasteiger charge is -2.11. The zero-order valence-corrected chi connectivity index (χ0v) is 19.4. The first kappa shape index (κ1) is 24.2. The molecule has 2 N–H and O–H groups in total. The maximum Gasteiger partial charge on any atom is 0.305 e. The van der Waals surface area contributed by atoms with Crippen LogP contribution in [0.15, 0.2) is 29.3 Å². The number of guanidine groups is 1. The molecule has 0 aliphatic rings. The number of nitrogens with zero attached hydrogens (tertiary/aromatic N) is 3. The number of halogens is 1. The van der Waals surface area contributed by atoms with E-state index in [1.807, 2.05) is 39.0 Å². The fraction of sp³-hybridized carbons (Fsp3) is 0.550. The van der Waals surface area contributed by atoms with Gasteiger partial charge in [-0.2, -0.15) is 0 Å². The van der Waals surface area contributed by atoms with E-state index in [1.165, 1.54) is 5.52 Å². The third-order valence-corrected chi connectivity index (χ3v) is 4.15. The number of carbonyl (C=O) groups excluding carboxylic acids is 1. The topological polar surface area (TPSA) is 80.5 Å². The van der Waals surface area contributed by atoms with Gasteiger partial charge in [0.15, 0.2) is 5.96 Å². The second-order valence-corrected chi connectivity index (χ2v) is 6.25. The highest BCUT2D eigenvalue weighted by atomic mass is 127. The predicted octanol–water partition coefficient (Wildman–Crippen LogP) is 3.25. The number of hydrogen-bond donors (Lipinski definition) is 2. The Bertz CT molecular complexity index is 760. The summed E-state index contributed by atoms with van der Waals surface area (Å²) >= 11 is 0. The monoisotopic (exact) mass is 501 g/mol. The number of rotatable bonds is 10. The van der Waals surface area contributed by atoms with Crippen LogP contribution in [-0.2, 0) is 16.1 Å². The molecule has 1 heterocycles. The Kier molecular flexibility index (Phi) is 11.5. The Morgan fingerprint density at radius 3 is 2.75 bits per heavy atom. The molecule has 7 nitrogen and oxygen atoms in total. The summed E-state index contributed by atoms with van der Waals surface area (Å²) in [6.45, 7) is 9.43. The third kappa shape index (κ3) is 7.65. The molecule has 0 aliphatic carbocycles. The van der Waals surface area contributed by atoms with Gasteiger partial charge < -0.3 is 19.9 Å². The Morgan fingerprint density at radius 2 is 2.00 bits per heavy atom. The number of imidazole rings is 1. The minimum absolute atomic E-state index is 0. The SMILES string of the molecule is CCNC(=NCCCn1c(C)nc2ccccc21)NCCCC(=O)OCC.I. The summed E-state index contributed by atoms with van der Waals surface area (Å²) in [6, 6.07) is 8.20. The van der Waals surface area contributed by atoms with Crippen molar-refractivity contribution >= 4 is 46.9 Å². The van der Waals surface area contributed by atoms with Crippen LogP contribution in [0.2, 0.25) is 0 Å². The molecule has 28 heavy (non-hydrogen) atoms. The van der Waals surface area contributed by atoms with Crippen LogP contribution in [-0.4, -0.2) is 47.7 Å². The van der Waals surface area contributed by atoms with Crippen molar-refractivity contribution in [2.45, 2.75) is 46.6 Å². The Labute approximate surface area is 184 Å². The number of benzene rings is 1. The number of nitrogens with one attached hydrogen (secondary N) is 2. The van der Waals surface area contributed by atoms with E-state index in [1.54, 1.807) is 0 Å². The van der Waals surface area contributed by atoms with E-state index in [4.69, 9.17) is 4.74 Å². The quantitative estimate of drug-likeness (QED) is 0.172. The second kappa shape index (κ2) is 13.4. The van der Waals surface area contributed by atoms with Crippen LogP contribution in [0.5, 0.6) is 0 Å². The second-order valence-electron chi connectivity index (χ2n) is 6.25. The van der Waals surface area contributed by atoms with Crippen molar-refractivity contribution in [3.63, 3.8) is 0 Å². The molecule has 0 atom stereocenters. The number of ether oxygens (including phenoxy) is 1. The average molecular weight is 501 g/mol. The minimum Gasteiger partial charge on any atom is -0.466 e. The molecule has 156 valence electrons.